The maximum Gasteiger partial charge on any atom is 0.327 e. The van der Waals surface area contributed by atoms with Gasteiger partial charge in [-0.2, -0.15) is 4.72 Å². The Morgan fingerprint density at radius 1 is 1.11 bits per heavy atom. The lowest BCUT2D eigenvalue weighted by molar-refractivity contribution is -0.153. The molecule has 5 nitrogen and oxygen atoms in total. The first kappa shape index (κ1) is 21.9. The monoisotopic (exact) mass is 401 g/mol. The molecule has 1 unspecified atom stereocenters. The van der Waals surface area contributed by atoms with Crippen molar-refractivity contribution in [2.75, 3.05) is 0 Å². The van der Waals surface area contributed by atoms with Crippen LogP contribution in [0.2, 0.25) is 0 Å². The van der Waals surface area contributed by atoms with E-state index in [2.05, 4.69) is 4.72 Å². The van der Waals surface area contributed by atoms with E-state index in [9.17, 15) is 13.2 Å². The van der Waals surface area contributed by atoms with E-state index >= 15 is 0 Å². The van der Waals surface area contributed by atoms with Crippen molar-refractivity contribution in [3.63, 3.8) is 0 Å². The van der Waals surface area contributed by atoms with E-state index in [1.165, 1.54) is 12.1 Å². The Labute approximate surface area is 167 Å². The van der Waals surface area contributed by atoms with Crippen molar-refractivity contribution in [1.82, 2.24) is 4.72 Å². The summed E-state index contributed by atoms with van der Waals surface area (Å²) in [4.78, 5) is 12.8. The van der Waals surface area contributed by atoms with Gasteiger partial charge < -0.3 is 4.74 Å². The number of esters is 1. The SMILES string of the molecule is Cc1ccc(S(=O)(=O)NC(C)(C/C=C\c2ccccc2)C(=O)OC(C)C)cc1. The second kappa shape index (κ2) is 9.17. The molecule has 2 aromatic rings. The van der Waals surface area contributed by atoms with Gasteiger partial charge in [0.25, 0.3) is 0 Å². The molecule has 0 saturated carbocycles. The average Bonchev–Trinajstić information content (AvgIpc) is 2.62. The zero-order valence-electron chi connectivity index (χ0n) is 16.7. The third-order valence-corrected chi connectivity index (χ3v) is 5.73. The van der Waals surface area contributed by atoms with Gasteiger partial charge in [-0.3, -0.25) is 4.79 Å². The number of ether oxygens (including phenoxy) is 1. The molecule has 0 spiro atoms. The fourth-order valence-corrected chi connectivity index (χ4v) is 3.95. The topological polar surface area (TPSA) is 72.5 Å². The van der Waals surface area contributed by atoms with E-state index in [1.54, 1.807) is 39.0 Å². The largest absolute Gasteiger partial charge is 0.462 e. The minimum absolute atomic E-state index is 0.105. The Bertz CT molecular complexity index is 919. The van der Waals surface area contributed by atoms with Gasteiger partial charge in [-0.1, -0.05) is 60.2 Å². The van der Waals surface area contributed by atoms with Gasteiger partial charge >= 0.3 is 5.97 Å². The van der Waals surface area contributed by atoms with E-state index in [4.69, 9.17) is 4.74 Å². The van der Waals surface area contributed by atoms with Crippen LogP contribution in [0.4, 0.5) is 0 Å². The number of hydrogen-bond donors (Lipinski definition) is 1. The predicted octanol–water partition coefficient (Wildman–Crippen LogP) is 4.09. The van der Waals surface area contributed by atoms with E-state index in [1.807, 2.05) is 43.3 Å². The van der Waals surface area contributed by atoms with Crippen LogP contribution in [0.25, 0.3) is 6.08 Å². The first-order chi connectivity index (χ1) is 13.1. The maximum absolute atomic E-state index is 12.8. The molecule has 0 aliphatic heterocycles. The Balaban J connectivity index is 2.28. The maximum atomic E-state index is 12.8. The standard InChI is InChI=1S/C22H27NO4S/c1-17(2)27-21(24)22(4,16-8-11-19-9-6-5-7-10-19)23-28(25,26)20-14-12-18(3)13-15-20/h5-15,17,23H,16H2,1-4H3/b11-8-. The lowest BCUT2D eigenvalue weighted by Crippen LogP contribution is -2.53. The Hall–Kier alpha value is -2.44. The normalized spacial score (nSPS) is 14.2. The summed E-state index contributed by atoms with van der Waals surface area (Å²) in [5, 5.41) is 0. The molecule has 0 fully saturated rings. The first-order valence-electron chi connectivity index (χ1n) is 9.16. The highest BCUT2D eigenvalue weighted by Gasteiger charge is 2.39. The number of sulfonamides is 1. The molecule has 0 aliphatic carbocycles. The molecular formula is C22H27NO4S. The first-order valence-corrected chi connectivity index (χ1v) is 10.6. The number of aryl methyl sites for hydroxylation is 1. The van der Waals surface area contributed by atoms with Gasteiger partial charge in [0.1, 0.15) is 5.54 Å². The Kier molecular flexibility index (Phi) is 7.16. The molecule has 2 aromatic carbocycles. The molecule has 1 N–H and O–H groups in total. The molecule has 0 radical (unpaired) electrons. The highest BCUT2D eigenvalue weighted by atomic mass is 32.2. The summed E-state index contributed by atoms with van der Waals surface area (Å²) >= 11 is 0. The van der Waals surface area contributed by atoms with Crippen LogP contribution in [0.3, 0.4) is 0 Å². The van der Waals surface area contributed by atoms with Crippen LogP contribution in [0.5, 0.6) is 0 Å². The minimum atomic E-state index is -3.90. The van der Waals surface area contributed by atoms with Gasteiger partial charge in [0.05, 0.1) is 11.0 Å². The smallest absolute Gasteiger partial charge is 0.327 e. The highest BCUT2D eigenvalue weighted by molar-refractivity contribution is 7.89. The summed E-state index contributed by atoms with van der Waals surface area (Å²) in [5.41, 5.74) is 0.481. The van der Waals surface area contributed by atoms with Gasteiger partial charge in [-0.25, -0.2) is 8.42 Å². The molecule has 0 aliphatic rings. The molecule has 6 heteroatoms. The molecule has 0 aromatic heterocycles. The quantitative estimate of drug-likeness (QED) is 0.676. The fraction of sp³-hybridized carbons (Fsp3) is 0.318. The lowest BCUT2D eigenvalue weighted by atomic mass is 9.98. The van der Waals surface area contributed by atoms with Crippen molar-refractivity contribution < 1.29 is 17.9 Å². The van der Waals surface area contributed by atoms with Crippen LogP contribution in [-0.4, -0.2) is 26.0 Å². The van der Waals surface area contributed by atoms with Gasteiger partial charge in [0, 0.05) is 0 Å². The fourth-order valence-electron chi connectivity index (χ4n) is 2.58. The van der Waals surface area contributed by atoms with Crippen LogP contribution in [0, 0.1) is 6.92 Å². The number of nitrogens with one attached hydrogen (secondary N) is 1. The van der Waals surface area contributed by atoms with Crippen LogP contribution in [0.15, 0.2) is 65.6 Å². The Morgan fingerprint density at radius 2 is 1.71 bits per heavy atom. The van der Waals surface area contributed by atoms with E-state index in [0.29, 0.717) is 0 Å². The van der Waals surface area contributed by atoms with Crippen molar-refractivity contribution in [2.24, 2.45) is 0 Å². The van der Waals surface area contributed by atoms with Crippen molar-refractivity contribution in [1.29, 1.82) is 0 Å². The highest BCUT2D eigenvalue weighted by Crippen LogP contribution is 2.20. The van der Waals surface area contributed by atoms with E-state index < -0.39 is 21.5 Å². The zero-order valence-corrected chi connectivity index (χ0v) is 17.5. The summed E-state index contributed by atoms with van der Waals surface area (Å²) in [5.74, 6) is -0.615. The van der Waals surface area contributed by atoms with Crippen LogP contribution >= 0.6 is 0 Å². The van der Waals surface area contributed by atoms with Crippen LogP contribution < -0.4 is 4.72 Å². The summed E-state index contributed by atoms with van der Waals surface area (Å²) in [6.07, 6.45) is 3.42. The second-order valence-corrected chi connectivity index (χ2v) is 8.90. The minimum Gasteiger partial charge on any atom is -0.462 e. The summed E-state index contributed by atoms with van der Waals surface area (Å²) in [6.45, 7) is 6.88. The number of carbonyl (C=O) groups is 1. The van der Waals surface area contributed by atoms with Crippen molar-refractivity contribution in [3.8, 4) is 0 Å². The van der Waals surface area contributed by atoms with Gasteiger partial charge in [-0.05, 0) is 51.8 Å². The molecule has 2 rings (SSSR count). The van der Waals surface area contributed by atoms with Crippen molar-refractivity contribution in [3.05, 3.63) is 71.8 Å². The lowest BCUT2D eigenvalue weighted by Gasteiger charge is -2.28. The number of benzene rings is 2. The third kappa shape index (κ3) is 6.04. The predicted molar refractivity (Wildman–Crippen MR) is 111 cm³/mol. The molecular weight excluding hydrogens is 374 g/mol. The summed E-state index contributed by atoms with van der Waals surface area (Å²) in [6, 6.07) is 16.1. The van der Waals surface area contributed by atoms with Gasteiger partial charge in [0.2, 0.25) is 10.0 Å². The molecule has 0 saturated heterocycles. The van der Waals surface area contributed by atoms with Crippen molar-refractivity contribution >= 4 is 22.1 Å². The number of hydrogen-bond acceptors (Lipinski definition) is 4. The second-order valence-electron chi connectivity index (χ2n) is 7.22. The summed E-state index contributed by atoms with van der Waals surface area (Å²) in [7, 11) is -3.90. The molecule has 0 heterocycles. The van der Waals surface area contributed by atoms with Crippen LogP contribution in [0.1, 0.15) is 38.3 Å². The third-order valence-electron chi connectivity index (χ3n) is 4.12. The summed E-state index contributed by atoms with van der Waals surface area (Å²) < 4.78 is 33.5. The Morgan fingerprint density at radius 3 is 2.29 bits per heavy atom. The van der Waals surface area contributed by atoms with E-state index in [-0.39, 0.29) is 17.4 Å². The number of rotatable bonds is 8. The molecule has 0 bridgehead atoms. The average molecular weight is 402 g/mol. The van der Waals surface area contributed by atoms with Crippen molar-refractivity contribution in [2.45, 2.75) is 50.7 Å². The van der Waals surface area contributed by atoms with E-state index in [0.717, 1.165) is 11.1 Å². The van der Waals surface area contributed by atoms with Gasteiger partial charge in [-0.15, -0.1) is 0 Å². The molecule has 150 valence electrons. The van der Waals surface area contributed by atoms with Crippen LogP contribution in [-0.2, 0) is 19.6 Å². The molecule has 0 amide bonds. The zero-order chi connectivity index (χ0) is 20.8. The van der Waals surface area contributed by atoms with Gasteiger partial charge in [0.15, 0.2) is 0 Å². The molecule has 28 heavy (non-hydrogen) atoms. The number of carbonyl (C=O) groups excluding carboxylic acids is 1. The molecule has 1 atom stereocenters.